The van der Waals surface area contributed by atoms with Crippen molar-refractivity contribution in [2.45, 2.75) is 20.3 Å². The Morgan fingerprint density at radius 2 is 2.16 bits per heavy atom. The second kappa shape index (κ2) is 5.80. The van der Waals surface area contributed by atoms with Crippen molar-refractivity contribution in [3.63, 3.8) is 0 Å². The Kier molecular flexibility index (Phi) is 4.12. The molecule has 4 nitrogen and oxygen atoms in total. The lowest BCUT2D eigenvalue weighted by Gasteiger charge is -2.06. The number of anilines is 1. The van der Waals surface area contributed by atoms with Gasteiger partial charge in [-0.3, -0.25) is 9.78 Å². The van der Waals surface area contributed by atoms with Crippen LogP contribution >= 0.6 is 11.6 Å². The van der Waals surface area contributed by atoms with Crippen LogP contribution in [-0.4, -0.2) is 15.9 Å². The van der Waals surface area contributed by atoms with E-state index in [2.05, 4.69) is 15.3 Å². The van der Waals surface area contributed by atoms with Crippen molar-refractivity contribution in [1.82, 2.24) is 9.97 Å². The Morgan fingerprint density at radius 3 is 2.79 bits per heavy atom. The van der Waals surface area contributed by atoms with Crippen molar-refractivity contribution in [2.24, 2.45) is 0 Å². The zero-order valence-corrected chi connectivity index (χ0v) is 11.5. The minimum absolute atomic E-state index is 0.218. The summed E-state index contributed by atoms with van der Waals surface area (Å²) in [6, 6.07) is 6.94. The van der Waals surface area contributed by atoms with Gasteiger partial charge in [0.2, 0.25) is 0 Å². The van der Waals surface area contributed by atoms with Crippen LogP contribution in [0.1, 0.15) is 28.7 Å². The van der Waals surface area contributed by atoms with Crippen molar-refractivity contribution in [3.8, 4) is 0 Å². The smallest absolute Gasteiger partial charge is 0.255 e. The van der Waals surface area contributed by atoms with Gasteiger partial charge in [-0.2, -0.15) is 0 Å². The molecule has 0 aliphatic heterocycles. The van der Waals surface area contributed by atoms with Crippen molar-refractivity contribution in [3.05, 3.63) is 52.6 Å². The summed E-state index contributed by atoms with van der Waals surface area (Å²) in [6.45, 7) is 3.85. The maximum absolute atomic E-state index is 12.1. The summed E-state index contributed by atoms with van der Waals surface area (Å²) in [5, 5.41) is 3.10. The Bertz CT molecular complexity index is 596. The first-order chi connectivity index (χ1) is 9.08. The van der Waals surface area contributed by atoms with E-state index in [-0.39, 0.29) is 5.91 Å². The number of hydrogen-bond acceptors (Lipinski definition) is 3. The molecule has 2 aromatic heterocycles. The SMILES string of the molecule is CCc1cc(C(=O)Nc2ccc(C)nc2)cc(Cl)n1. The molecule has 0 unspecified atom stereocenters. The number of rotatable bonds is 3. The number of carbonyl (C=O) groups excluding carboxylic acids is 1. The monoisotopic (exact) mass is 275 g/mol. The van der Waals surface area contributed by atoms with Crippen LogP contribution in [0.3, 0.4) is 0 Å². The molecule has 98 valence electrons. The van der Waals surface area contributed by atoms with Gasteiger partial charge in [-0.05, 0) is 37.6 Å². The molecule has 2 rings (SSSR count). The molecule has 2 aromatic rings. The molecule has 1 amide bonds. The molecule has 0 aliphatic rings. The van der Waals surface area contributed by atoms with E-state index in [0.717, 1.165) is 17.8 Å². The lowest BCUT2D eigenvalue weighted by atomic mass is 10.2. The third-order valence-corrected chi connectivity index (χ3v) is 2.83. The first-order valence-electron chi connectivity index (χ1n) is 5.99. The summed E-state index contributed by atoms with van der Waals surface area (Å²) >= 11 is 5.89. The highest BCUT2D eigenvalue weighted by molar-refractivity contribution is 6.29. The van der Waals surface area contributed by atoms with Gasteiger partial charge >= 0.3 is 0 Å². The van der Waals surface area contributed by atoms with Crippen molar-refractivity contribution >= 4 is 23.2 Å². The van der Waals surface area contributed by atoms with Gasteiger partial charge in [0.05, 0.1) is 11.9 Å². The first-order valence-corrected chi connectivity index (χ1v) is 6.36. The number of hydrogen-bond donors (Lipinski definition) is 1. The number of aryl methyl sites for hydroxylation is 2. The summed E-state index contributed by atoms with van der Waals surface area (Å²) in [5.41, 5.74) is 2.84. The maximum Gasteiger partial charge on any atom is 0.255 e. The average molecular weight is 276 g/mol. The molecule has 0 saturated heterocycles. The largest absolute Gasteiger partial charge is 0.321 e. The molecule has 0 aliphatic carbocycles. The van der Waals surface area contributed by atoms with Crippen LogP contribution in [0.2, 0.25) is 5.15 Å². The minimum Gasteiger partial charge on any atom is -0.321 e. The average Bonchev–Trinajstić information content (AvgIpc) is 2.40. The second-order valence-electron chi connectivity index (χ2n) is 4.17. The number of halogens is 1. The van der Waals surface area contributed by atoms with Crippen molar-refractivity contribution < 1.29 is 4.79 Å². The Hall–Kier alpha value is -1.94. The molecule has 2 heterocycles. The highest BCUT2D eigenvalue weighted by Gasteiger charge is 2.09. The second-order valence-corrected chi connectivity index (χ2v) is 4.55. The molecular weight excluding hydrogens is 262 g/mol. The van der Waals surface area contributed by atoms with Gasteiger partial charge in [-0.25, -0.2) is 4.98 Å². The van der Waals surface area contributed by atoms with Crippen LogP contribution < -0.4 is 5.32 Å². The summed E-state index contributed by atoms with van der Waals surface area (Å²) in [6.07, 6.45) is 2.35. The minimum atomic E-state index is -0.218. The zero-order chi connectivity index (χ0) is 13.8. The Labute approximate surface area is 116 Å². The summed E-state index contributed by atoms with van der Waals surface area (Å²) in [5.74, 6) is -0.218. The molecule has 0 spiro atoms. The molecule has 0 saturated carbocycles. The molecule has 0 bridgehead atoms. The molecular formula is C14H14ClN3O. The van der Waals surface area contributed by atoms with Gasteiger partial charge in [0.15, 0.2) is 0 Å². The lowest BCUT2D eigenvalue weighted by Crippen LogP contribution is -2.13. The van der Waals surface area contributed by atoms with E-state index in [9.17, 15) is 4.79 Å². The molecule has 0 atom stereocenters. The predicted molar refractivity (Wildman–Crippen MR) is 75.6 cm³/mol. The van der Waals surface area contributed by atoms with Gasteiger partial charge in [0.1, 0.15) is 5.15 Å². The van der Waals surface area contributed by atoms with Crippen LogP contribution in [0.15, 0.2) is 30.5 Å². The molecule has 0 aromatic carbocycles. The van der Waals surface area contributed by atoms with E-state index in [0.29, 0.717) is 16.4 Å². The summed E-state index contributed by atoms with van der Waals surface area (Å²) in [4.78, 5) is 20.3. The van der Waals surface area contributed by atoms with Crippen LogP contribution in [0, 0.1) is 6.92 Å². The van der Waals surface area contributed by atoms with Crippen LogP contribution in [0.25, 0.3) is 0 Å². The van der Waals surface area contributed by atoms with Crippen molar-refractivity contribution in [1.29, 1.82) is 0 Å². The fraction of sp³-hybridized carbons (Fsp3) is 0.214. The topological polar surface area (TPSA) is 54.9 Å². The number of nitrogens with zero attached hydrogens (tertiary/aromatic N) is 2. The van der Waals surface area contributed by atoms with Crippen molar-refractivity contribution in [2.75, 3.05) is 5.32 Å². The maximum atomic E-state index is 12.1. The molecule has 19 heavy (non-hydrogen) atoms. The molecule has 0 radical (unpaired) electrons. The normalized spacial score (nSPS) is 10.3. The number of aromatic nitrogens is 2. The lowest BCUT2D eigenvalue weighted by molar-refractivity contribution is 0.102. The van der Waals surface area contributed by atoms with E-state index >= 15 is 0 Å². The van der Waals surface area contributed by atoms with E-state index in [1.807, 2.05) is 26.0 Å². The van der Waals surface area contributed by atoms with Gasteiger partial charge < -0.3 is 5.32 Å². The van der Waals surface area contributed by atoms with E-state index < -0.39 is 0 Å². The van der Waals surface area contributed by atoms with Gasteiger partial charge in [-0.1, -0.05) is 18.5 Å². The number of nitrogens with one attached hydrogen (secondary N) is 1. The number of amides is 1. The fourth-order valence-corrected chi connectivity index (χ4v) is 1.83. The summed E-state index contributed by atoms with van der Waals surface area (Å²) in [7, 11) is 0. The molecule has 0 fully saturated rings. The van der Waals surface area contributed by atoms with E-state index in [1.165, 1.54) is 0 Å². The number of pyridine rings is 2. The fourth-order valence-electron chi connectivity index (χ4n) is 1.61. The molecule has 5 heteroatoms. The van der Waals surface area contributed by atoms with Gasteiger partial charge in [-0.15, -0.1) is 0 Å². The van der Waals surface area contributed by atoms with Gasteiger partial charge in [0, 0.05) is 17.0 Å². The first kappa shape index (κ1) is 13.5. The highest BCUT2D eigenvalue weighted by atomic mass is 35.5. The quantitative estimate of drug-likeness (QED) is 0.875. The Morgan fingerprint density at radius 1 is 1.37 bits per heavy atom. The van der Waals surface area contributed by atoms with Gasteiger partial charge in [0.25, 0.3) is 5.91 Å². The van der Waals surface area contributed by atoms with E-state index in [4.69, 9.17) is 11.6 Å². The summed E-state index contributed by atoms with van der Waals surface area (Å²) < 4.78 is 0. The van der Waals surface area contributed by atoms with Crippen LogP contribution in [0.5, 0.6) is 0 Å². The predicted octanol–water partition coefficient (Wildman–Crippen LogP) is 3.25. The van der Waals surface area contributed by atoms with E-state index in [1.54, 1.807) is 18.3 Å². The van der Waals surface area contributed by atoms with Crippen LogP contribution in [-0.2, 0) is 6.42 Å². The third-order valence-electron chi connectivity index (χ3n) is 2.64. The Balaban J connectivity index is 2.20. The zero-order valence-electron chi connectivity index (χ0n) is 10.8. The van der Waals surface area contributed by atoms with Crippen LogP contribution in [0.4, 0.5) is 5.69 Å². The highest BCUT2D eigenvalue weighted by Crippen LogP contribution is 2.14. The molecule has 1 N–H and O–H groups in total. The number of carbonyl (C=O) groups is 1. The third kappa shape index (κ3) is 3.51. The standard InChI is InChI=1S/C14H14ClN3O/c1-3-11-6-10(7-13(15)17-11)14(19)18-12-5-4-9(2)16-8-12/h4-8H,3H2,1-2H3,(H,18,19).